The highest BCUT2D eigenvalue weighted by atomic mass is 79.9. The lowest BCUT2D eigenvalue weighted by Gasteiger charge is -2.14. The van der Waals surface area contributed by atoms with E-state index in [4.69, 9.17) is 4.74 Å². The number of aromatic nitrogens is 4. The Morgan fingerprint density at radius 2 is 1.86 bits per heavy atom. The molecule has 2 aromatic carbocycles. The molecule has 1 atom stereocenters. The second-order valence-electron chi connectivity index (χ2n) is 6.39. The fourth-order valence-electron chi connectivity index (χ4n) is 2.85. The van der Waals surface area contributed by atoms with E-state index >= 15 is 0 Å². The van der Waals surface area contributed by atoms with Gasteiger partial charge in [0.15, 0.2) is 5.65 Å². The summed E-state index contributed by atoms with van der Waals surface area (Å²) in [5.41, 5.74) is 0.624. The van der Waals surface area contributed by atoms with Crippen molar-refractivity contribution in [3.63, 3.8) is 0 Å². The zero-order chi connectivity index (χ0) is 20.4. The van der Waals surface area contributed by atoms with Crippen LogP contribution in [-0.2, 0) is 6.54 Å². The summed E-state index contributed by atoms with van der Waals surface area (Å²) in [6, 6.07) is 13.0. The molecule has 9 heteroatoms. The van der Waals surface area contributed by atoms with Gasteiger partial charge in [0.05, 0.1) is 18.4 Å². The quantitative estimate of drug-likeness (QED) is 0.480. The van der Waals surface area contributed by atoms with Gasteiger partial charge in [0, 0.05) is 4.47 Å². The Balaban J connectivity index is 1.51. The molecule has 4 rings (SSSR count). The van der Waals surface area contributed by atoms with Gasteiger partial charge in [0.1, 0.15) is 36.0 Å². The minimum Gasteiger partial charge on any atom is -0.491 e. The molecule has 0 aliphatic carbocycles. The first-order valence-corrected chi connectivity index (χ1v) is 9.56. The largest absolute Gasteiger partial charge is 0.491 e. The normalized spacial score (nSPS) is 12.2. The number of aliphatic hydroxyl groups is 1. The fraction of sp³-hybridized carbons (Fsp3) is 0.150. The number of hydrogen-bond acceptors (Lipinski definition) is 5. The SMILES string of the molecule is O=c1c2cnn(-c3ccc(F)cc3)c2ncn1C[C@@H](O)COc1ccc(Br)cc1. The van der Waals surface area contributed by atoms with Crippen molar-refractivity contribution < 1.29 is 14.2 Å². The number of ether oxygens (including phenoxy) is 1. The smallest absolute Gasteiger partial charge is 0.264 e. The highest BCUT2D eigenvalue weighted by Crippen LogP contribution is 2.17. The van der Waals surface area contributed by atoms with Crippen LogP contribution in [0.2, 0.25) is 0 Å². The van der Waals surface area contributed by atoms with Gasteiger partial charge in [-0.2, -0.15) is 5.10 Å². The van der Waals surface area contributed by atoms with Gasteiger partial charge in [0.2, 0.25) is 0 Å². The number of benzene rings is 2. The van der Waals surface area contributed by atoms with Gasteiger partial charge in [-0.1, -0.05) is 15.9 Å². The monoisotopic (exact) mass is 458 g/mol. The van der Waals surface area contributed by atoms with E-state index in [1.165, 1.54) is 33.9 Å². The zero-order valence-electron chi connectivity index (χ0n) is 15.1. The van der Waals surface area contributed by atoms with E-state index in [0.29, 0.717) is 22.5 Å². The molecule has 2 aromatic heterocycles. The average Bonchev–Trinajstić information content (AvgIpc) is 3.15. The molecule has 7 nitrogen and oxygen atoms in total. The van der Waals surface area contributed by atoms with E-state index in [-0.39, 0.29) is 24.5 Å². The first-order valence-electron chi connectivity index (χ1n) is 8.77. The van der Waals surface area contributed by atoms with Gasteiger partial charge in [0.25, 0.3) is 5.56 Å². The van der Waals surface area contributed by atoms with Crippen LogP contribution in [0.25, 0.3) is 16.7 Å². The van der Waals surface area contributed by atoms with Crippen molar-refractivity contribution in [3.8, 4) is 11.4 Å². The van der Waals surface area contributed by atoms with Gasteiger partial charge in [-0.05, 0) is 48.5 Å². The van der Waals surface area contributed by atoms with Crippen LogP contribution in [0.3, 0.4) is 0 Å². The maximum atomic E-state index is 13.1. The summed E-state index contributed by atoms with van der Waals surface area (Å²) in [5, 5.41) is 14.7. The van der Waals surface area contributed by atoms with Crippen LogP contribution in [0.5, 0.6) is 5.75 Å². The Morgan fingerprint density at radius 1 is 1.14 bits per heavy atom. The molecule has 0 radical (unpaired) electrons. The van der Waals surface area contributed by atoms with Crippen LogP contribution in [-0.4, -0.2) is 37.1 Å². The zero-order valence-corrected chi connectivity index (χ0v) is 16.7. The van der Waals surface area contributed by atoms with Crippen molar-refractivity contribution >= 4 is 27.0 Å². The second-order valence-corrected chi connectivity index (χ2v) is 7.31. The van der Waals surface area contributed by atoms with Crippen molar-refractivity contribution in [2.45, 2.75) is 12.6 Å². The number of fused-ring (bicyclic) bond motifs is 1. The molecule has 0 aliphatic rings. The predicted octanol–water partition coefficient (Wildman–Crippen LogP) is 2.92. The van der Waals surface area contributed by atoms with Gasteiger partial charge >= 0.3 is 0 Å². The minimum absolute atomic E-state index is 0.0278. The van der Waals surface area contributed by atoms with Crippen molar-refractivity contribution in [1.82, 2.24) is 19.3 Å². The van der Waals surface area contributed by atoms with Crippen LogP contribution in [0.4, 0.5) is 4.39 Å². The lowest BCUT2D eigenvalue weighted by atomic mass is 10.3. The van der Waals surface area contributed by atoms with E-state index in [2.05, 4.69) is 26.0 Å². The van der Waals surface area contributed by atoms with E-state index in [0.717, 1.165) is 4.47 Å². The van der Waals surface area contributed by atoms with Gasteiger partial charge < -0.3 is 9.84 Å². The molecular formula is C20H16BrFN4O3. The first-order chi connectivity index (χ1) is 14.0. The van der Waals surface area contributed by atoms with E-state index < -0.39 is 6.10 Å². The lowest BCUT2D eigenvalue weighted by molar-refractivity contribution is 0.0915. The topological polar surface area (TPSA) is 82.2 Å². The lowest BCUT2D eigenvalue weighted by Crippen LogP contribution is -2.30. The molecule has 0 unspecified atom stereocenters. The Kier molecular flexibility index (Phi) is 5.41. The molecule has 29 heavy (non-hydrogen) atoms. The predicted molar refractivity (Wildman–Crippen MR) is 109 cm³/mol. The third-order valence-corrected chi connectivity index (χ3v) is 4.82. The molecule has 0 amide bonds. The third kappa shape index (κ3) is 4.20. The van der Waals surface area contributed by atoms with Gasteiger partial charge in [-0.25, -0.2) is 14.1 Å². The Labute approximate surface area is 173 Å². The van der Waals surface area contributed by atoms with Crippen LogP contribution < -0.4 is 10.3 Å². The summed E-state index contributed by atoms with van der Waals surface area (Å²) < 4.78 is 22.4. The standard InChI is InChI=1S/C20H16BrFN4O3/c21-13-1-7-17(8-2-13)29-11-16(27)10-25-12-23-19-18(20(25)28)9-24-26(19)15-5-3-14(22)4-6-15/h1-9,12,16,27H,10-11H2/t16-/m1/s1. The maximum Gasteiger partial charge on any atom is 0.264 e. The second kappa shape index (κ2) is 8.14. The van der Waals surface area contributed by atoms with Crippen molar-refractivity contribution in [3.05, 3.63) is 81.7 Å². The van der Waals surface area contributed by atoms with Crippen molar-refractivity contribution in [2.24, 2.45) is 0 Å². The highest BCUT2D eigenvalue weighted by molar-refractivity contribution is 9.10. The summed E-state index contributed by atoms with van der Waals surface area (Å²) in [7, 11) is 0. The molecule has 0 spiro atoms. The fourth-order valence-corrected chi connectivity index (χ4v) is 3.12. The third-order valence-electron chi connectivity index (χ3n) is 4.29. The highest BCUT2D eigenvalue weighted by Gasteiger charge is 2.14. The van der Waals surface area contributed by atoms with Crippen LogP contribution in [0.1, 0.15) is 0 Å². The molecular weight excluding hydrogens is 443 g/mol. The average molecular weight is 459 g/mol. The summed E-state index contributed by atoms with van der Waals surface area (Å²) in [6.07, 6.45) is 1.87. The number of nitrogens with zero attached hydrogens (tertiary/aromatic N) is 4. The Morgan fingerprint density at radius 3 is 2.59 bits per heavy atom. The number of halogens is 2. The molecule has 1 N–H and O–H groups in total. The number of aliphatic hydroxyl groups excluding tert-OH is 1. The molecule has 0 saturated heterocycles. The molecule has 2 heterocycles. The Hall–Kier alpha value is -3.04. The van der Waals surface area contributed by atoms with Crippen molar-refractivity contribution in [2.75, 3.05) is 6.61 Å². The summed E-state index contributed by atoms with van der Waals surface area (Å²) in [6.45, 7) is 0.0565. The Bertz CT molecular complexity index is 1190. The molecule has 4 aromatic rings. The van der Waals surface area contributed by atoms with E-state index in [9.17, 15) is 14.3 Å². The van der Waals surface area contributed by atoms with Crippen LogP contribution in [0, 0.1) is 5.82 Å². The molecule has 0 fully saturated rings. The van der Waals surface area contributed by atoms with Crippen LogP contribution in [0.15, 0.2) is 70.3 Å². The maximum absolute atomic E-state index is 13.1. The van der Waals surface area contributed by atoms with E-state index in [1.807, 2.05) is 12.1 Å². The van der Waals surface area contributed by atoms with E-state index in [1.54, 1.807) is 24.3 Å². The first kappa shape index (κ1) is 19.3. The molecule has 0 saturated carbocycles. The van der Waals surface area contributed by atoms with Gasteiger partial charge in [-0.3, -0.25) is 9.36 Å². The summed E-state index contributed by atoms with van der Waals surface area (Å²) in [4.78, 5) is 17.0. The van der Waals surface area contributed by atoms with Crippen LogP contribution >= 0.6 is 15.9 Å². The number of hydrogen-bond donors (Lipinski definition) is 1. The van der Waals surface area contributed by atoms with Crippen molar-refractivity contribution in [1.29, 1.82) is 0 Å². The molecule has 0 aliphatic heterocycles. The summed E-state index contributed by atoms with van der Waals surface area (Å²) in [5.74, 6) is 0.258. The number of rotatable bonds is 6. The van der Waals surface area contributed by atoms with Gasteiger partial charge in [-0.15, -0.1) is 0 Å². The summed E-state index contributed by atoms with van der Waals surface area (Å²) >= 11 is 3.34. The minimum atomic E-state index is -0.900. The molecule has 0 bridgehead atoms. The molecule has 148 valence electrons.